The van der Waals surface area contributed by atoms with Crippen LogP contribution in [0.25, 0.3) is 0 Å². The van der Waals surface area contributed by atoms with Crippen molar-refractivity contribution in [2.45, 2.75) is 47.5 Å². The SMILES string of the molecule is CCC1=NCC(C)(C)CC1(C)C. The van der Waals surface area contributed by atoms with Crippen molar-refractivity contribution in [1.82, 2.24) is 0 Å². The zero-order valence-corrected chi connectivity index (χ0v) is 9.07. The van der Waals surface area contributed by atoms with E-state index in [1.54, 1.807) is 0 Å². The second-order valence-corrected chi connectivity index (χ2v) is 5.34. The van der Waals surface area contributed by atoms with E-state index in [4.69, 9.17) is 0 Å². The van der Waals surface area contributed by atoms with Crippen molar-refractivity contribution in [3.05, 3.63) is 0 Å². The van der Waals surface area contributed by atoms with E-state index in [1.165, 1.54) is 12.1 Å². The average molecular weight is 167 g/mol. The topological polar surface area (TPSA) is 12.4 Å². The molecule has 0 spiro atoms. The molecule has 12 heavy (non-hydrogen) atoms. The van der Waals surface area contributed by atoms with E-state index in [1.807, 2.05) is 0 Å². The fraction of sp³-hybridized carbons (Fsp3) is 0.909. The molecule has 1 heterocycles. The molecule has 0 amide bonds. The van der Waals surface area contributed by atoms with E-state index >= 15 is 0 Å². The van der Waals surface area contributed by atoms with Crippen LogP contribution in [-0.2, 0) is 0 Å². The molecule has 0 saturated carbocycles. The molecule has 0 N–H and O–H groups in total. The molecule has 0 fully saturated rings. The molecule has 1 rings (SSSR count). The first-order chi connectivity index (χ1) is 5.37. The molecular weight excluding hydrogens is 146 g/mol. The molecule has 0 aromatic carbocycles. The van der Waals surface area contributed by atoms with E-state index < -0.39 is 0 Å². The molecule has 1 aliphatic rings. The van der Waals surface area contributed by atoms with Gasteiger partial charge in [0.05, 0.1) is 0 Å². The second-order valence-electron chi connectivity index (χ2n) is 5.34. The van der Waals surface area contributed by atoms with Gasteiger partial charge in [-0.05, 0) is 18.3 Å². The molecule has 0 radical (unpaired) electrons. The van der Waals surface area contributed by atoms with Gasteiger partial charge in [0.15, 0.2) is 0 Å². The highest BCUT2D eigenvalue weighted by atomic mass is 14.8. The van der Waals surface area contributed by atoms with Gasteiger partial charge in [-0.3, -0.25) is 4.99 Å². The largest absolute Gasteiger partial charge is 0.293 e. The summed E-state index contributed by atoms with van der Waals surface area (Å²) in [5.41, 5.74) is 2.14. The van der Waals surface area contributed by atoms with Crippen molar-refractivity contribution in [2.24, 2.45) is 15.8 Å². The van der Waals surface area contributed by atoms with Crippen LogP contribution in [-0.4, -0.2) is 12.3 Å². The van der Waals surface area contributed by atoms with Crippen molar-refractivity contribution in [2.75, 3.05) is 6.54 Å². The zero-order chi connectivity index (χ0) is 9.41. The minimum atomic E-state index is 0.330. The van der Waals surface area contributed by atoms with Crippen LogP contribution in [0.3, 0.4) is 0 Å². The quantitative estimate of drug-likeness (QED) is 0.568. The molecule has 1 heteroatoms. The van der Waals surface area contributed by atoms with Crippen LogP contribution < -0.4 is 0 Å². The second kappa shape index (κ2) is 2.86. The molecular formula is C11H21N. The Hall–Kier alpha value is -0.330. The molecule has 0 aliphatic carbocycles. The Labute approximate surface area is 76.3 Å². The van der Waals surface area contributed by atoms with Crippen molar-refractivity contribution >= 4 is 5.71 Å². The van der Waals surface area contributed by atoms with Gasteiger partial charge in [0, 0.05) is 17.7 Å². The lowest BCUT2D eigenvalue weighted by Gasteiger charge is -2.39. The summed E-state index contributed by atoms with van der Waals surface area (Å²) in [6.07, 6.45) is 2.38. The first kappa shape index (κ1) is 9.76. The van der Waals surface area contributed by atoms with Crippen LogP contribution in [0.4, 0.5) is 0 Å². The van der Waals surface area contributed by atoms with Gasteiger partial charge in [-0.25, -0.2) is 0 Å². The Balaban J connectivity index is 2.87. The highest BCUT2D eigenvalue weighted by molar-refractivity contribution is 5.90. The number of aliphatic imine (C=N–C) groups is 1. The maximum Gasteiger partial charge on any atom is 0.0440 e. The van der Waals surface area contributed by atoms with Crippen LogP contribution >= 0.6 is 0 Å². The maximum atomic E-state index is 4.67. The number of hydrogen-bond acceptors (Lipinski definition) is 1. The molecule has 0 aromatic rings. The third kappa shape index (κ3) is 1.88. The summed E-state index contributed by atoms with van der Waals surface area (Å²) in [6.45, 7) is 12.5. The van der Waals surface area contributed by atoms with Crippen LogP contribution in [0.1, 0.15) is 47.5 Å². The van der Waals surface area contributed by atoms with Crippen molar-refractivity contribution in [3.8, 4) is 0 Å². The molecule has 1 aliphatic heterocycles. The van der Waals surface area contributed by atoms with Crippen molar-refractivity contribution in [3.63, 3.8) is 0 Å². The Morgan fingerprint density at radius 2 is 1.83 bits per heavy atom. The fourth-order valence-corrected chi connectivity index (χ4v) is 2.47. The third-order valence-electron chi connectivity index (χ3n) is 2.73. The summed E-state index contributed by atoms with van der Waals surface area (Å²) in [7, 11) is 0. The van der Waals surface area contributed by atoms with Crippen LogP contribution in [0.5, 0.6) is 0 Å². The smallest absolute Gasteiger partial charge is 0.0440 e. The molecule has 0 aromatic heterocycles. The van der Waals surface area contributed by atoms with E-state index in [0.717, 1.165) is 13.0 Å². The maximum absolute atomic E-state index is 4.67. The molecule has 1 nitrogen and oxygen atoms in total. The van der Waals surface area contributed by atoms with Crippen LogP contribution in [0.15, 0.2) is 4.99 Å². The lowest BCUT2D eigenvalue weighted by Crippen LogP contribution is -2.37. The normalized spacial score (nSPS) is 26.6. The van der Waals surface area contributed by atoms with Gasteiger partial charge in [-0.1, -0.05) is 34.6 Å². The van der Waals surface area contributed by atoms with E-state index in [2.05, 4.69) is 39.6 Å². The summed E-state index contributed by atoms with van der Waals surface area (Å²) >= 11 is 0. The molecule has 0 bridgehead atoms. The Morgan fingerprint density at radius 3 is 2.25 bits per heavy atom. The summed E-state index contributed by atoms with van der Waals surface area (Å²) in [5.74, 6) is 0. The average Bonchev–Trinajstić information content (AvgIpc) is 1.83. The number of hydrogen-bond donors (Lipinski definition) is 0. The Morgan fingerprint density at radius 1 is 1.25 bits per heavy atom. The van der Waals surface area contributed by atoms with Crippen LogP contribution in [0.2, 0.25) is 0 Å². The van der Waals surface area contributed by atoms with Crippen molar-refractivity contribution < 1.29 is 0 Å². The van der Waals surface area contributed by atoms with Crippen LogP contribution in [0, 0.1) is 10.8 Å². The molecule has 0 unspecified atom stereocenters. The summed E-state index contributed by atoms with van der Waals surface area (Å²) in [5, 5.41) is 0. The minimum Gasteiger partial charge on any atom is -0.293 e. The van der Waals surface area contributed by atoms with Crippen molar-refractivity contribution in [1.29, 1.82) is 0 Å². The molecule has 0 saturated heterocycles. The van der Waals surface area contributed by atoms with Gasteiger partial charge in [0.1, 0.15) is 0 Å². The monoisotopic (exact) mass is 167 g/mol. The van der Waals surface area contributed by atoms with E-state index in [-0.39, 0.29) is 0 Å². The van der Waals surface area contributed by atoms with Gasteiger partial charge in [-0.2, -0.15) is 0 Å². The number of rotatable bonds is 1. The summed E-state index contributed by atoms with van der Waals surface area (Å²) in [6, 6.07) is 0. The Bertz CT molecular complexity index is 199. The first-order valence-electron chi connectivity index (χ1n) is 4.91. The van der Waals surface area contributed by atoms with Gasteiger partial charge in [0.2, 0.25) is 0 Å². The Kier molecular flexibility index (Phi) is 2.33. The number of nitrogens with zero attached hydrogens (tertiary/aromatic N) is 1. The van der Waals surface area contributed by atoms with Gasteiger partial charge in [-0.15, -0.1) is 0 Å². The molecule has 0 atom stereocenters. The lowest BCUT2D eigenvalue weighted by molar-refractivity contribution is 0.240. The minimum absolute atomic E-state index is 0.330. The first-order valence-corrected chi connectivity index (χ1v) is 4.91. The van der Waals surface area contributed by atoms with Gasteiger partial charge in [0.25, 0.3) is 0 Å². The predicted molar refractivity (Wildman–Crippen MR) is 54.8 cm³/mol. The summed E-state index contributed by atoms with van der Waals surface area (Å²) < 4.78 is 0. The fourth-order valence-electron chi connectivity index (χ4n) is 2.47. The van der Waals surface area contributed by atoms with E-state index in [0.29, 0.717) is 10.8 Å². The predicted octanol–water partition coefficient (Wildman–Crippen LogP) is 3.29. The van der Waals surface area contributed by atoms with Gasteiger partial charge < -0.3 is 0 Å². The van der Waals surface area contributed by atoms with E-state index in [9.17, 15) is 0 Å². The summed E-state index contributed by atoms with van der Waals surface area (Å²) in [4.78, 5) is 4.67. The third-order valence-corrected chi connectivity index (χ3v) is 2.73. The molecule has 70 valence electrons. The standard InChI is InChI=1S/C11H21N/c1-6-9-11(4,5)7-10(2,3)8-12-9/h6-8H2,1-5H3. The highest BCUT2D eigenvalue weighted by Crippen LogP contribution is 2.39. The lowest BCUT2D eigenvalue weighted by atomic mass is 9.69. The highest BCUT2D eigenvalue weighted by Gasteiger charge is 2.35. The zero-order valence-electron chi connectivity index (χ0n) is 9.07. The van der Waals surface area contributed by atoms with Gasteiger partial charge >= 0.3 is 0 Å².